The molecule has 0 spiro atoms. The summed E-state index contributed by atoms with van der Waals surface area (Å²) >= 11 is 1.49. The van der Waals surface area contributed by atoms with Gasteiger partial charge < -0.3 is 4.90 Å². The molecule has 5 fully saturated rings. The highest BCUT2D eigenvalue weighted by Gasteiger charge is 2.44. The molecule has 2 saturated carbocycles. The first kappa shape index (κ1) is 15.8. The Bertz CT molecular complexity index is 689. The van der Waals surface area contributed by atoms with E-state index in [-0.39, 0.29) is 11.8 Å². The van der Waals surface area contributed by atoms with Gasteiger partial charge in [-0.15, -0.1) is 11.3 Å². The molecule has 0 aromatic carbocycles. The summed E-state index contributed by atoms with van der Waals surface area (Å²) < 4.78 is 0. The summed E-state index contributed by atoms with van der Waals surface area (Å²) in [5, 5.41) is 2.72. The molecular formula is C19H25N3O2S. The summed E-state index contributed by atoms with van der Waals surface area (Å²) in [6, 6.07) is 0.460. The maximum Gasteiger partial charge on any atom is 0.228 e. The zero-order chi connectivity index (χ0) is 17.0. The summed E-state index contributed by atoms with van der Waals surface area (Å²) in [5.74, 6) is 2.82. The summed E-state index contributed by atoms with van der Waals surface area (Å²) in [6.45, 7) is 1.72. The lowest BCUT2D eigenvalue weighted by Gasteiger charge is -2.39. The number of thiazole rings is 1. The Kier molecular flexibility index (Phi) is 3.84. The van der Waals surface area contributed by atoms with Crippen LogP contribution in [0.25, 0.3) is 0 Å². The average Bonchev–Trinajstić information content (AvgIpc) is 3.15. The van der Waals surface area contributed by atoms with Crippen molar-refractivity contribution in [3.05, 3.63) is 11.1 Å². The minimum absolute atomic E-state index is 0.160. The van der Waals surface area contributed by atoms with Crippen molar-refractivity contribution in [2.75, 3.05) is 18.0 Å². The molecule has 5 nitrogen and oxygen atoms in total. The van der Waals surface area contributed by atoms with Crippen molar-refractivity contribution in [2.24, 2.45) is 17.8 Å². The third kappa shape index (κ3) is 2.88. The fourth-order valence-corrected chi connectivity index (χ4v) is 6.57. The summed E-state index contributed by atoms with van der Waals surface area (Å²) in [7, 11) is 0. The molecule has 3 saturated heterocycles. The number of nitrogens with zero attached hydrogens (tertiary/aromatic N) is 3. The Hall–Kier alpha value is -1.43. The molecule has 3 aliphatic heterocycles. The molecule has 1 aromatic heterocycles. The van der Waals surface area contributed by atoms with E-state index in [1.165, 1.54) is 43.4 Å². The van der Waals surface area contributed by atoms with Gasteiger partial charge in [-0.05, 0) is 56.3 Å². The van der Waals surface area contributed by atoms with Gasteiger partial charge in [0.25, 0.3) is 0 Å². The van der Waals surface area contributed by atoms with Crippen molar-refractivity contribution < 1.29 is 9.59 Å². The molecule has 2 unspecified atom stereocenters. The van der Waals surface area contributed by atoms with Gasteiger partial charge in [-0.25, -0.2) is 4.98 Å². The third-order valence-corrected chi connectivity index (χ3v) is 7.52. The van der Waals surface area contributed by atoms with E-state index in [0.29, 0.717) is 24.8 Å². The zero-order valence-corrected chi connectivity index (χ0v) is 15.3. The quantitative estimate of drug-likeness (QED) is 0.834. The third-order valence-electron chi connectivity index (χ3n) is 6.60. The highest BCUT2D eigenvalue weighted by molar-refractivity contribution is 7.14. The van der Waals surface area contributed by atoms with Crippen LogP contribution in [0.5, 0.6) is 0 Å². The number of fused-ring (bicyclic) bond motifs is 1. The smallest absolute Gasteiger partial charge is 0.228 e. The van der Waals surface area contributed by atoms with Gasteiger partial charge in [0.2, 0.25) is 11.8 Å². The number of amides is 2. The molecule has 1 aromatic rings. The van der Waals surface area contributed by atoms with Crippen molar-refractivity contribution in [1.29, 1.82) is 0 Å². The second-order valence-electron chi connectivity index (χ2n) is 8.42. The second-order valence-corrected chi connectivity index (χ2v) is 9.26. The van der Waals surface area contributed by atoms with Crippen LogP contribution in [0.3, 0.4) is 0 Å². The van der Waals surface area contributed by atoms with Crippen LogP contribution >= 0.6 is 11.3 Å². The fraction of sp³-hybridized carbons (Fsp3) is 0.737. The van der Waals surface area contributed by atoms with E-state index in [9.17, 15) is 9.59 Å². The van der Waals surface area contributed by atoms with Crippen molar-refractivity contribution in [2.45, 2.75) is 57.4 Å². The van der Waals surface area contributed by atoms with Gasteiger partial charge in [-0.2, -0.15) is 0 Å². The maximum absolute atomic E-state index is 13.0. The lowest BCUT2D eigenvalue weighted by atomic mass is 9.68. The summed E-state index contributed by atoms with van der Waals surface area (Å²) in [4.78, 5) is 33.4. The van der Waals surface area contributed by atoms with Crippen LogP contribution in [0.4, 0.5) is 5.13 Å². The van der Waals surface area contributed by atoms with E-state index in [1.54, 1.807) is 4.90 Å². The second kappa shape index (κ2) is 6.08. The fourth-order valence-electron chi connectivity index (χ4n) is 5.70. The first-order chi connectivity index (χ1) is 12.2. The Morgan fingerprint density at radius 2 is 1.92 bits per heavy atom. The molecule has 5 aliphatic rings. The van der Waals surface area contributed by atoms with Crippen molar-refractivity contribution >= 4 is 28.3 Å². The number of aromatic nitrogens is 1. The normalized spacial score (nSPS) is 34.0. The van der Waals surface area contributed by atoms with Gasteiger partial charge in [-0.3, -0.25) is 14.5 Å². The molecule has 0 radical (unpaired) electrons. The number of anilines is 1. The monoisotopic (exact) mass is 359 g/mol. The van der Waals surface area contributed by atoms with E-state index in [0.717, 1.165) is 42.2 Å². The molecule has 2 amide bonds. The predicted octanol–water partition coefficient (Wildman–Crippen LogP) is 2.85. The van der Waals surface area contributed by atoms with Gasteiger partial charge in [0.15, 0.2) is 5.13 Å². The Labute approximate surface area is 152 Å². The highest BCUT2D eigenvalue weighted by Crippen LogP contribution is 2.47. The largest absolute Gasteiger partial charge is 0.339 e. The molecule has 6 heteroatoms. The zero-order valence-electron chi connectivity index (χ0n) is 14.5. The van der Waals surface area contributed by atoms with Gasteiger partial charge in [0, 0.05) is 30.9 Å². The summed E-state index contributed by atoms with van der Waals surface area (Å²) in [5.41, 5.74) is 0.827. The van der Waals surface area contributed by atoms with Crippen LogP contribution in [0.15, 0.2) is 5.38 Å². The standard InChI is InChI=1S/C19H25N3O2S/c23-17-2-1-3-21(17)19-20-15(11-25-19)9-18(24)22-10-14-5-12-4-13(6-14)8-16(22)7-12/h11-14,16H,1-10H2. The first-order valence-electron chi connectivity index (χ1n) is 9.70. The van der Waals surface area contributed by atoms with E-state index in [2.05, 4.69) is 9.88 Å². The number of rotatable bonds is 3. The van der Waals surface area contributed by atoms with Crippen LogP contribution in [0.1, 0.15) is 50.6 Å². The van der Waals surface area contributed by atoms with Crippen molar-refractivity contribution in [3.8, 4) is 0 Å². The Morgan fingerprint density at radius 1 is 1.16 bits per heavy atom. The van der Waals surface area contributed by atoms with E-state index in [4.69, 9.17) is 0 Å². The Morgan fingerprint density at radius 3 is 2.64 bits per heavy atom. The van der Waals surface area contributed by atoms with Crippen LogP contribution in [0, 0.1) is 17.8 Å². The molecule has 4 heterocycles. The van der Waals surface area contributed by atoms with E-state index in [1.807, 2.05) is 5.38 Å². The lowest BCUT2D eigenvalue weighted by Crippen LogP contribution is -2.42. The number of hydrogen-bond acceptors (Lipinski definition) is 4. The van der Waals surface area contributed by atoms with Crippen LogP contribution < -0.4 is 4.90 Å². The van der Waals surface area contributed by atoms with Crippen molar-refractivity contribution in [3.63, 3.8) is 0 Å². The van der Waals surface area contributed by atoms with Crippen LogP contribution in [0.2, 0.25) is 0 Å². The SMILES string of the molecule is O=C1CCCN1c1nc(CC(=O)N2CC3CC4CC(C3)CC2C4)cs1. The number of hydrogen-bond donors (Lipinski definition) is 0. The lowest BCUT2D eigenvalue weighted by molar-refractivity contribution is -0.133. The van der Waals surface area contributed by atoms with Gasteiger partial charge in [0.05, 0.1) is 12.1 Å². The maximum atomic E-state index is 13.0. The Balaban J connectivity index is 1.29. The molecule has 0 N–H and O–H groups in total. The van der Waals surface area contributed by atoms with Crippen LogP contribution in [-0.2, 0) is 16.0 Å². The molecule has 2 atom stereocenters. The van der Waals surface area contributed by atoms with E-state index < -0.39 is 0 Å². The minimum atomic E-state index is 0.160. The first-order valence-corrected chi connectivity index (χ1v) is 10.6. The minimum Gasteiger partial charge on any atom is -0.339 e. The van der Waals surface area contributed by atoms with Gasteiger partial charge >= 0.3 is 0 Å². The van der Waals surface area contributed by atoms with Gasteiger partial charge in [-0.1, -0.05) is 0 Å². The number of carbonyl (C=O) groups excluding carboxylic acids is 2. The van der Waals surface area contributed by atoms with Crippen molar-refractivity contribution in [1.82, 2.24) is 9.88 Å². The molecular weight excluding hydrogens is 334 g/mol. The van der Waals surface area contributed by atoms with Gasteiger partial charge in [0.1, 0.15) is 0 Å². The number of carbonyl (C=O) groups is 2. The highest BCUT2D eigenvalue weighted by atomic mass is 32.1. The predicted molar refractivity (Wildman–Crippen MR) is 96.5 cm³/mol. The topological polar surface area (TPSA) is 53.5 Å². The molecule has 25 heavy (non-hydrogen) atoms. The molecule has 2 aliphatic carbocycles. The summed E-state index contributed by atoms with van der Waals surface area (Å²) in [6.07, 6.45) is 8.39. The molecule has 4 bridgehead atoms. The van der Waals surface area contributed by atoms with E-state index >= 15 is 0 Å². The molecule has 6 rings (SSSR count). The molecule has 134 valence electrons. The van der Waals surface area contributed by atoms with Crippen LogP contribution in [-0.4, -0.2) is 40.8 Å². The average molecular weight is 359 g/mol.